The van der Waals surface area contributed by atoms with Gasteiger partial charge in [0.1, 0.15) is 5.75 Å². The van der Waals surface area contributed by atoms with Gasteiger partial charge >= 0.3 is 0 Å². The van der Waals surface area contributed by atoms with Gasteiger partial charge in [-0.1, -0.05) is 17.2 Å². The van der Waals surface area contributed by atoms with Crippen LogP contribution in [0.3, 0.4) is 0 Å². The van der Waals surface area contributed by atoms with Gasteiger partial charge in [-0.2, -0.15) is 0 Å². The number of rotatable bonds is 5. The van der Waals surface area contributed by atoms with E-state index in [-0.39, 0.29) is 6.04 Å². The molecular formula is C13H18ClNO. The maximum Gasteiger partial charge on any atom is 0.124 e. The van der Waals surface area contributed by atoms with E-state index in [4.69, 9.17) is 22.1 Å². The number of ether oxygens (including phenoxy) is 1. The maximum absolute atomic E-state index is 5.92. The summed E-state index contributed by atoms with van der Waals surface area (Å²) in [5, 5.41) is 0.680. The highest BCUT2D eigenvalue weighted by atomic mass is 35.5. The molecule has 0 spiro atoms. The second kappa shape index (κ2) is 5.92. The fourth-order valence-corrected chi connectivity index (χ4v) is 1.52. The van der Waals surface area contributed by atoms with Gasteiger partial charge in [0.2, 0.25) is 0 Å². The Bertz CT molecular complexity index is 374. The highest BCUT2D eigenvalue weighted by molar-refractivity contribution is 6.30. The monoisotopic (exact) mass is 239 g/mol. The third kappa shape index (κ3) is 3.87. The largest absolute Gasteiger partial charge is 0.493 e. The van der Waals surface area contributed by atoms with Crippen LogP contribution in [0.25, 0.3) is 0 Å². The molecule has 1 aromatic rings. The van der Waals surface area contributed by atoms with Gasteiger partial charge in [-0.15, -0.1) is 6.58 Å². The van der Waals surface area contributed by atoms with Crippen molar-refractivity contribution in [2.75, 3.05) is 6.61 Å². The number of hydrogen-bond acceptors (Lipinski definition) is 2. The fraction of sp³-hybridized carbons (Fsp3) is 0.385. The van der Waals surface area contributed by atoms with Gasteiger partial charge in [0.05, 0.1) is 6.61 Å². The minimum atomic E-state index is -0.0847. The molecule has 0 radical (unpaired) electrons. The highest BCUT2D eigenvalue weighted by Crippen LogP contribution is 2.27. The molecule has 2 nitrogen and oxygen atoms in total. The van der Waals surface area contributed by atoms with E-state index in [1.165, 1.54) is 0 Å². The van der Waals surface area contributed by atoms with Crippen LogP contribution in [-0.4, -0.2) is 6.61 Å². The average molecular weight is 240 g/mol. The first-order valence-electron chi connectivity index (χ1n) is 5.33. The Balaban J connectivity index is 2.74. The van der Waals surface area contributed by atoms with Crippen molar-refractivity contribution in [3.63, 3.8) is 0 Å². The van der Waals surface area contributed by atoms with E-state index in [0.717, 1.165) is 23.3 Å². The zero-order valence-electron chi connectivity index (χ0n) is 9.79. The van der Waals surface area contributed by atoms with Crippen molar-refractivity contribution in [1.29, 1.82) is 0 Å². The Hall–Kier alpha value is -0.990. The number of halogens is 1. The second-order valence-electron chi connectivity index (χ2n) is 4.03. The predicted octanol–water partition coefficient (Wildman–Crippen LogP) is 3.70. The number of nitrogens with two attached hydrogens (primary N) is 1. The van der Waals surface area contributed by atoms with Crippen molar-refractivity contribution in [1.82, 2.24) is 0 Å². The van der Waals surface area contributed by atoms with Crippen LogP contribution >= 0.6 is 11.6 Å². The van der Waals surface area contributed by atoms with Crippen LogP contribution in [0.15, 0.2) is 30.4 Å². The molecule has 0 aliphatic carbocycles. The minimum Gasteiger partial charge on any atom is -0.493 e. The fourth-order valence-electron chi connectivity index (χ4n) is 1.34. The molecule has 0 bridgehead atoms. The maximum atomic E-state index is 5.92. The lowest BCUT2D eigenvalue weighted by atomic mass is 10.1. The van der Waals surface area contributed by atoms with E-state index in [0.29, 0.717) is 11.6 Å². The van der Waals surface area contributed by atoms with Gasteiger partial charge in [-0.05, 0) is 32.0 Å². The van der Waals surface area contributed by atoms with E-state index in [1.807, 2.05) is 32.0 Å². The van der Waals surface area contributed by atoms with Gasteiger partial charge in [0.15, 0.2) is 0 Å². The van der Waals surface area contributed by atoms with Crippen LogP contribution in [0.5, 0.6) is 5.75 Å². The van der Waals surface area contributed by atoms with E-state index in [2.05, 4.69) is 6.58 Å². The summed E-state index contributed by atoms with van der Waals surface area (Å²) in [6, 6.07) is 5.43. The molecule has 0 aliphatic rings. The molecular weight excluding hydrogens is 222 g/mol. The van der Waals surface area contributed by atoms with Gasteiger partial charge in [0.25, 0.3) is 0 Å². The Kier molecular flexibility index (Phi) is 4.84. The van der Waals surface area contributed by atoms with Crippen LogP contribution in [0.1, 0.15) is 31.9 Å². The molecule has 0 fully saturated rings. The van der Waals surface area contributed by atoms with Crippen molar-refractivity contribution in [2.45, 2.75) is 26.3 Å². The molecule has 0 saturated heterocycles. The van der Waals surface area contributed by atoms with E-state index < -0.39 is 0 Å². The van der Waals surface area contributed by atoms with Crippen molar-refractivity contribution >= 4 is 11.6 Å². The van der Waals surface area contributed by atoms with Gasteiger partial charge < -0.3 is 10.5 Å². The molecule has 0 heterocycles. The van der Waals surface area contributed by atoms with Crippen LogP contribution in [0, 0.1) is 0 Å². The van der Waals surface area contributed by atoms with Gasteiger partial charge in [-0.3, -0.25) is 0 Å². The first-order chi connectivity index (χ1) is 7.50. The normalized spacial score (nSPS) is 12.2. The zero-order valence-corrected chi connectivity index (χ0v) is 10.6. The van der Waals surface area contributed by atoms with Crippen molar-refractivity contribution in [2.24, 2.45) is 5.73 Å². The molecule has 16 heavy (non-hydrogen) atoms. The van der Waals surface area contributed by atoms with Gasteiger partial charge in [0, 0.05) is 23.0 Å². The SMILES string of the molecule is C=C(C)CCOc1ccc(Cl)cc1[C@H](C)N. The van der Waals surface area contributed by atoms with E-state index in [9.17, 15) is 0 Å². The summed E-state index contributed by atoms with van der Waals surface area (Å²) < 4.78 is 5.66. The van der Waals surface area contributed by atoms with Crippen LogP contribution in [0.2, 0.25) is 5.02 Å². The van der Waals surface area contributed by atoms with Gasteiger partial charge in [-0.25, -0.2) is 0 Å². The zero-order chi connectivity index (χ0) is 12.1. The average Bonchev–Trinajstić information content (AvgIpc) is 2.19. The van der Waals surface area contributed by atoms with E-state index >= 15 is 0 Å². The summed E-state index contributed by atoms with van der Waals surface area (Å²) in [7, 11) is 0. The Morgan fingerprint density at radius 2 is 2.25 bits per heavy atom. The summed E-state index contributed by atoms with van der Waals surface area (Å²) in [5.41, 5.74) is 7.91. The second-order valence-corrected chi connectivity index (χ2v) is 4.46. The molecule has 3 heteroatoms. The summed E-state index contributed by atoms with van der Waals surface area (Å²) in [5.74, 6) is 0.806. The smallest absolute Gasteiger partial charge is 0.124 e. The summed E-state index contributed by atoms with van der Waals surface area (Å²) in [6.45, 7) is 8.35. The Labute approximate surface area is 102 Å². The molecule has 0 unspecified atom stereocenters. The first kappa shape index (κ1) is 13.1. The molecule has 88 valence electrons. The molecule has 0 aromatic heterocycles. The Morgan fingerprint density at radius 3 is 2.81 bits per heavy atom. The quantitative estimate of drug-likeness (QED) is 0.796. The number of benzene rings is 1. The lowest BCUT2D eigenvalue weighted by Crippen LogP contribution is -2.08. The first-order valence-corrected chi connectivity index (χ1v) is 5.70. The standard InChI is InChI=1S/C13H18ClNO/c1-9(2)6-7-16-13-5-4-11(14)8-12(13)10(3)15/h4-5,8,10H,1,6-7,15H2,2-3H3/t10-/m0/s1. The summed E-state index contributed by atoms with van der Waals surface area (Å²) in [4.78, 5) is 0. The van der Waals surface area contributed by atoms with Crippen LogP contribution in [-0.2, 0) is 0 Å². The molecule has 2 N–H and O–H groups in total. The molecule has 0 saturated carbocycles. The topological polar surface area (TPSA) is 35.2 Å². The third-order valence-electron chi connectivity index (χ3n) is 2.25. The third-order valence-corrected chi connectivity index (χ3v) is 2.48. The molecule has 1 aromatic carbocycles. The molecule has 1 atom stereocenters. The Morgan fingerprint density at radius 1 is 1.56 bits per heavy atom. The minimum absolute atomic E-state index is 0.0847. The van der Waals surface area contributed by atoms with Crippen molar-refractivity contribution in [3.8, 4) is 5.75 Å². The lowest BCUT2D eigenvalue weighted by Gasteiger charge is -2.14. The van der Waals surface area contributed by atoms with Crippen molar-refractivity contribution in [3.05, 3.63) is 40.9 Å². The summed E-state index contributed by atoms with van der Waals surface area (Å²) >= 11 is 5.92. The predicted molar refractivity (Wildman–Crippen MR) is 69.0 cm³/mol. The highest BCUT2D eigenvalue weighted by Gasteiger charge is 2.08. The molecule has 0 aliphatic heterocycles. The lowest BCUT2D eigenvalue weighted by molar-refractivity contribution is 0.317. The summed E-state index contributed by atoms with van der Waals surface area (Å²) in [6.07, 6.45) is 0.848. The van der Waals surface area contributed by atoms with Crippen molar-refractivity contribution < 1.29 is 4.74 Å². The van der Waals surface area contributed by atoms with Crippen LogP contribution < -0.4 is 10.5 Å². The van der Waals surface area contributed by atoms with E-state index in [1.54, 1.807) is 0 Å². The molecule has 0 amide bonds. The van der Waals surface area contributed by atoms with Crippen LogP contribution in [0.4, 0.5) is 0 Å². The molecule has 1 rings (SSSR count). The number of hydrogen-bond donors (Lipinski definition) is 1.